The standard InChI is InChI=1S/C16H20N4O3/c1-11-4-2-3-7-18(11)14(21)10-20-15(22)12(8-17)9-19(16(20)23)13-5-6-13/h9,11,13H,2-7,10H2,1H3/t11-/m1/s1. The van der Waals surface area contributed by atoms with Crippen molar-refractivity contribution in [3.8, 4) is 6.07 Å². The quantitative estimate of drug-likeness (QED) is 0.817. The fraction of sp³-hybridized carbons (Fsp3) is 0.625. The molecule has 1 aromatic heterocycles. The van der Waals surface area contributed by atoms with Gasteiger partial charge in [-0.25, -0.2) is 9.36 Å². The smallest absolute Gasteiger partial charge is 0.331 e. The summed E-state index contributed by atoms with van der Waals surface area (Å²) in [7, 11) is 0. The van der Waals surface area contributed by atoms with E-state index in [1.54, 1.807) is 4.90 Å². The third kappa shape index (κ3) is 2.93. The van der Waals surface area contributed by atoms with Crippen molar-refractivity contribution < 1.29 is 4.79 Å². The summed E-state index contributed by atoms with van der Waals surface area (Å²) in [5.74, 6) is -0.228. The summed E-state index contributed by atoms with van der Waals surface area (Å²) in [5, 5.41) is 9.11. The van der Waals surface area contributed by atoms with Gasteiger partial charge in [0.15, 0.2) is 0 Å². The van der Waals surface area contributed by atoms with Crippen LogP contribution in [0.15, 0.2) is 15.8 Å². The van der Waals surface area contributed by atoms with Crippen molar-refractivity contribution >= 4 is 5.91 Å². The molecule has 2 aliphatic rings. The van der Waals surface area contributed by atoms with Gasteiger partial charge in [0, 0.05) is 24.8 Å². The van der Waals surface area contributed by atoms with Crippen LogP contribution in [0.1, 0.15) is 50.6 Å². The fourth-order valence-electron chi connectivity index (χ4n) is 3.15. The van der Waals surface area contributed by atoms with Crippen LogP contribution in [-0.2, 0) is 11.3 Å². The summed E-state index contributed by atoms with van der Waals surface area (Å²) in [4.78, 5) is 39.0. The summed E-state index contributed by atoms with van der Waals surface area (Å²) in [5.41, 5.74) is -1.25. The average molecular weight is 316 g/mol. The number of rotatable bonds is 3. The number of likely N-dealkylation sites (tertiary alicyclic amines) is 1. The van der Waals surface area contributed by atoms with Gasteiger partial charge in [-0.15, -0.1) is 0 Å². The van der Waals surface area contributed by atoms with E-state index in [1.165, 1.54) is 10.8 Å². The van der Waals surface area contributed by atoms with Crippen LogP contribution in [0.4, 0.5) is 0 Å². The summed E-state index contributed by atoms with van der Waals surface area (Å²) in [6, 6.07) is 2.00. The van der Waals surface area contributed by atoms with Crippen molar-refractivity contribution in [2.24, 2.45) is 0 Å². The lowest BCUT2D eigenvalue weighted by molar-refractivity contribution is -0.135. The topological polar surface area (TPSA) is 88.1 Å². The number of hydrogen-bond donors (Lipinski definition) is 0. The highest BCUT2D eigenvalue weighted by Crippen LogP contribution is 2.33. The van der Waals surface area contributed by atoms with Crippen molar-refractivity contribution in [2.45, 2.75) is 57.7 Å². The summed E-state index contributed by atoms with van der Waals surface area (Å²) in [6.07, 6.45) is 6.01. The van der Waals surface area contributed by atoms with Crippen molar-refractivity contribution in [3.05, 3.63) is 32.6 Å². The Morgan fingerprint density at radius 3 is 2.65 bits per heavy atom. The van der Waals surface area contributed by atoms with E-state index in [0.717, 1.165) is 36.7 Å². The number of piperidine rings is 1. The van der Waals surface area contributed by atoms with Gasteiger partial charge in [-0.2, -0.15) is 5.26 Å². The minimum Gasteiger partial charge on any atom is -0.338 e. The molecule has 122 valence electrons. The van der Waals surface area contributed by atoms with E-state index in [1.807, 2.05) is 13.0 Å². The molecule has 1 saturated heterocycles. The zero-order valence-corrected chi connectivity index (χ0v) is 13.2. The van der Waals surface area contributed by atoms with Crippen LogP contribution in [0.3, 0.4) is 0 Å². The fourth-order valence-corrected chi connectivity index (χ4v) is 3.15. The molecule has 23 heavy (non-hydrogen) atoms. The van der Waals surface area contributed by atoms with E-state index < -0.39 is 11.2 Å². The first kappa shape index (κ1) is 15.5. The van der Waals surface area contributed by atoms with E-state index in [9.17, 15) is 14.4 Å². The number of carbonyl (C=O) groups excluding carboxylic acids is 1. The predicted molar refractivity (Wildman–Crippen MR) is 83.0 cm³/mol. The molecule has 3 rings (SSSR count). The molecule has 7 heteroatoms. The van der Waals surface area contributed by atoms with Crippen LogP contribution in [-0.4, -0.2) is 32.5 Å². The average Bonchev–Trinajstić information content (AvgIpc) is 3.36. The van der Waals surface area contributed by atoms with Gasteiger partial charge in [0.25, 0.3) is 5.56 Å². The van der Waals surface area contributed by atoms with Gasteiger partial charge in [-0.1, -0.05) is 0 Å². The van der Waals surface area contributed by atoms with Crippen LogP contribution >= 0.6 is 0 Å². The molecule has 0 spiro atoms. The molecule has 0 aromatic carbocycles. The molecule has 1 aliphatic heterocycles. The second kappa shape index (κ2) is 6.03. The molecule has 1 aliphatic carbocycles. The van der Waals surface area contributed by atoms with Crippen molar-refractivity contribution in [3.63, 3.8) is 0 Å². The molecule has 7 nitrogen and oxygen atoms in total. The van der Waals surface area contributed by atoms with Crippen LogP contribution in [0.2, 0.25) is 0 Å². The first-order valence-corrected chi connectivity index (χ1v) is 8.08. The van der Waals surface area contributed by atoms with Gasteiger partial charge in [-0.3, -0.25) is 14.2 Å². The molecule has 0 unspecified atom stereocenters. The summed E-state index contributed by atoms with van der Waals surface area (Å²) in [6.45, 7) is 2.35. The van der Waals surface area contributed by atoms with Crippen molar-refractivity contribution in [1.29, 1.82) is 5.26 Å². The maximum absolute atomic E-state index is 12.5. The van der Waals surface area contributed by atoms with Crippen LogP contribution in [0.5, 0.6) is 0 Å². The largest absolute Gasteiger partial charge is 0.338 e. The van der Waals surface area contributed by atoms with Gasteiger partial charge in [-0.05, 0) is 39.0 Å². The number of hydrogen-bond acceptors (Lipinski definition) is 4. The number of nitrogens with zero attached hydrogens (tertiary/aromatic N) is 4. The zero-order chi connectivity index (χ0) is 16.6. The SMILES string of the molecule is C[C@@H]1CCCCN1C(=O)Cn1c(=O)c(C#N)cn(C2CC2)c1=O. The molecule has 2 heterocycles. The Morgan fingerprint density at radius 1 is 1.30 bits per heavy atom. The lowest BCUT2D eigenvalue weighted by atomic mass is 10.0. The number of aromatic nitrogens is 2. The molecule has 1 amide bonds. The molecular weight excluding hydrogens is 296 g/mol. The predicted octanol–water partition coefficient (Wildman–Crippen LogP) is 0.618. The molecule has 1 atom stereocenters. The summed E-state index contributed by atoms with van der Waals surface area (Å²) < 4.78 is 2.34. The van der Waals surface area contributed by atoms with Gasteiger partial charge in [0.05, 0.1) is 0 Å². The Morgan fingerprint density at radius 2 is 2.04 bits per heavy atom. The Hall–Kier alpha value is -2.36. The normalized spacial score (nSPS) is 21.0. The molecule has 0 bridgehead atoms. The van der Waals surface area contributed by atoms with Gasteiger partial charge < -0.3 is 4.90 Å². The zero-order valence-electron chi connectivity index (χ0n) is 13.2. The highest BCUT2D eigenvalue weighted by atomic mass is 16.2. The lowest BCUT2D eigenvalue weighted by Gasteiger charge is -2.33. The first-order chi connectivity index (χ1) is 11.0. The Balaban J connectivity index is 1.94. The second-order valence-electron chi connectivity index (χ2n) is 6.40. The van der Waals surface area contributed by atoms with E-state index in [0.29, 0.717) is 6.54 Å². The monoisotopic (exact) mass is 316 g/mol. The first-order valence-electron chi connectivity index (χ1n) is 8.08. The van der Waals surface area contributed by atoms with Crippen molar-refractivity contribution in [1.82, 2.24) is 14.0 Å². The number of carbonyl (C=O) groups is 1. The van der Waals surface area contributed by atoms with E-state index in [2.05, 4.69) is 0 Å². The van der Waals surface area contributed by atoms with E-state index >= 15 is 0 Å². The second-order valence-corrected chi connectivity index (χ2v) is 6.40. The molecule has 2 fully saturated rings. The molecule has 1 saturated carbocycles. The Kier molecular flexibility index (Phi) is 4.07. The third-order valence-corrected chi connectivity index (χ3v) is 4.67. The lowest BCUT2D eigenvalue weighted by Crippen LogP contribution is -2.48. The maximum atomic E-state index is 12.5. The van der Waals surface area contributed by atoms with Crippen LogP contribution in [0, 0.1) is 11.3 Å². The van der Waals surface area contributed by atoms with Crippen LogP contribution < -0.4 is 11.2 Å². The van der Waals surface area contributed by atoms with Crippen molar-refractivity contribution in [2.75, 3.05) is 6.54 Å². The minimum atomic E-state index is -0.674. The maximum Gasteiger partial charge on any atom is 0.331 e. The Labute approximate surface area is 133 Å². The van der Waals surface area contributed by atoms with E-state index in [4.69, 9.17) is 5.26 Å². The highest BCUT2D eigenvalue weighted by molar-refractivity contribution is 5.76. The Bertz CT molecular complexity index is 782. The third-order valence-electron chi connectivity index (χ3n) is 4.67. The molecule has 1 aromatic rings. The van der Waals surface area contributed by atoms with Gasteiger partial charge in [0.1, 0.15) is 18.2 Å². The summed E-state index contributed by atoms with van der Waals surface area (Å²) >= 11 is 0. The molecular formula is C16H20N4O3. The molecule has 0 radical (unpaired) electrons. The van der Waals surface area contributed by atoms with Crippen LogP contribution in [0.25, 0.3) is 0 Å². The minimum absolute atomic E-state index is 0.0467. The number of amides is 1. The molecule has 0 N–H and O–H groups in total. The number of nitriles is 1. The van der Waals surface area contributed by atoms with E-state index in [-0.39, 0.29) is 30.1 Å². The highest BCUT2D eigenvalue weighted by Gasteiger charge is 2.29. The van der Waals surface area contributed by atoms with Gasteiger partial charge in [0.2, 0.25) is 5.91 Å². The van der Waals surface area contributed by atoms with Gasteiger partial charge >= 0.3 is 5.69 Å².